The summed E-state index contributed by atoms with van der Waals surface area (Å²) in [6.45, 7) is 2.48. The van der Waals surface area contributed by atoms with Gasteiger partial charge in [-0.15, -0.1) is 0 Å². The highest BCUT2D eigenvalue weighted by atomic mass is 16.5. The number of benzene rings is 1. The van der Waals surface area contributed by atoms with Crippen LogP contribution in [0.4, 0.5) is 5.69 Å². The number of carbonyl (C=O) groups is 1. The lowest BCUT2D eigenvalue weighted by Gasteiger charge is -2.09. The van der Waals surface area contributed by atoms with Crippen LogP contribution < -0.4 is 15.8 Å². The van der Waals surface area contributed by atoms with E-state index >= 15 is 0 Å². The predicted octanol–water partition coefficient (Wildman–Crippen LogP) is 1.48. The molecule has 1 aromatic rings. The van der Waals surface area contributed by atoms with Crippen molar-refractivity contribution in [3.05, 3.63) is 23.8 Å². The number of anilines is 1. The number of nitrogen functional groups attached to an aromatic ring is 1. The molecule has 0 heterocycles. The van der Waals surface area contributed by atoms with Gasteiger partial charge in [-0.05, 0) is 31.0 Å². The maximum atomic E-state index is 11.0. The van der Waals surface area contributed by atoms with Crippen LogP contribution in [0, 0.1) is 6.92 Å². The molecule has 0 fully saturated rings. The fourth-order valence-electron chi connectivity index (χ4n) is 1.31. The van der Waals surface area contributed by atoms with E-state index in [9.17, 15) is 4.79 Å². The molecule has 3 N–H and O–H groups in total. The van der Waals surface area contributed by atoms with Gasteiger partial charge in [-0.1, -0.05) is 6.07 Å². The van der Waals surface area contributed by atoms with E-state index in [1.165, 1.54) is 0 Å². The Bertz CT molecular complexity index is 364. The number of nitrogens with two attached hydrogens (primary N) is 1. The fourth-order valence-corrected chi connectivity index (χ4v) is 1.31. The van der Waals surface area contributed by atoms with E-state index in [4.69, 9.17) is 10.5 Å². The number of nitrogens with one attached hydrogen (secondary N) is 1. The van der Waals surface area contributed by atoms with Gasteiger partial charge in [-0.3, -0.25) is 4.79 Å². The van der Waals surface area contributed by atoms with Gasteiger partial charge in [0.15, 0.2) is 0 Å². The number of carbonyl (C=O) groups excluding carboxylic acids is 1. The van der Waals surface area contributed by atoms with E-state index < -0.39 is 0 Å². The summed E-state index contributed by atoms with van der Waals surface area (Å²) in [4.78, 5) is 11.0. The third kappa shape index (κ3) is 3.81. The topological polar surface area (TPSA) is 64.3 Å². The predicted molar refractivity (Wildman–Crippen MR) is 64.4 cm³/mol. The molecular formula is C12H18N2O2. The van der Waals surface area contributed by atoms with Gasteiger partial charge < -0.3 is 15.8 Å². The zero-order chi connectivity index (χ0) is 12.0. The molecule has 0 aromatic heterocycles. The summed E-state index contributed by atoms with van der Waals surface area (Å²) in [6, 6.07) is 5.66. The van der Waals surface area contributed by atoms with Gasteiger partial charge in [-0.2, -0.15) is 0 Å². The van der Waals surface area contributed by atoms with Gasteiger partial charge in [-0.25, -0.2) is 0 Å². The maximum Gasteiger partial charge on any atom is 0.219 e. The van der Waals surface area contributed by atoms with Gasteiger partial charge in [0.25, 0.3) is 0 Å². The molecule has 0 aliphatic heterocycles. The Kier molecular flexibility index (Phi) is 4.64. The number of hydrogen-bond donors (Lipinski definition) is 2. The van der Waals surface area contributed by atoms with Crippen molar-refractivity contribution in [3.8, 4) is 5.75 Å². The molecule has 0 radical (unpaired) electrons. The number of amides is 1. The molecule has 0 unspecified atom stereocenters. The Morgan fingerprint density at radius 2 is 2.25 bits per heavy atom. The molecule has 0 saturated heterocycles. The zero-order valence-corrected chi connectivity index (χ0v) is 9.75. The van der Waals surface area contributed by atoms with Gasteiger partial charge in [0.2, 0.25) is 5.91 Å². The second-order valence-corrected chi connectivity index (χ2v) is 3.67. The molecule has 0 aliphatic rings. The third-order valence-electron chi connectivity index (χ3n) is 2.25. The molecule has 1 amide bonds. The number of ether oxygens (including phenoxy) is 1. The van der Waals surface area contributed by atoms with E-state index in [2.05, 4.69) is 5.32 Å². The van der Waals surface area contributed by atoms with E-state index in [1.807, 2.05) is 25.1 Å². The van der Waals surface area contributed by atoms with E-state index in [1.54, 1.807) is 7.05 Å². The first kappa shape index (κ1) is 12.4. The summed E-state index contributed by atoms with van der Waals surface area (Å²) >= 11 is 0. The van der Waals surface area contributed by atoms with Crippen LogP contribution in [-0.2, 0) is 4.79 Å². The van der Waals surface area contributed by atoms with Crippen molar-refractivity contribution in [2.24, 2.45) is 0 Å². The molecule has 0 atom stereocenters. The number of rotatable bonds is 5. The lowest BCUT2D eigenvalue weighted by Crippen LogP contribution is -2.18. The van der Waals surface area contributed by atoms with Gasteiger partial charge >= 0.3 is 0 Å². The van der Waals surface area contributed by atoms with Gasteiger partial charge in [0.1, 0.15) is 5.75 Å². The van der Waals surface area contributed by atoms with E-state index in [-0.39, 0.29) is 5.91 Å². The Morgan fingerprint density at radius 1 is 1.50 bits per heavy atom. The molecular weight excluding hydrogens is 204 g/mol. The van der Waals surface area contributed by atoms with Crippen LogP contribution in [0.3, 0.4) is 0 Å². The van der Waals surface area contributed by atoms with Crippen molar-refractivity contribution in [2.75, 3.05) is 19.4 Å². The quantitative estimate of drug-likeness (QED) is 0.586. The number of aryl methyl sites for hydroxylation is 1. The van der Waals surface area contributed by atoms with Crippen LogP contribution in [0.15, 0.2) is 18.2 Å². The van der Waals surface area contributed by atoms with Crippen LogP contribution in [0.5, 0.6) is 5.75 Å². The Balaban J connectivity index is 2.37. The minimum atomic E-state index is 0.0285. The first-order valence-electron chi connectivity index (χ1n) is 5.33. The Labute approximate surface area is 95.8 Å². The minimum absolute atomic E-state index is 0.0285. The molecule has 4 heteroatoms. The summed E-state index contributed by atoms with van der Waals surface area (Å²) < 4.78 is 5.51. The highest BCUT2D eigenvalue weighted by Crippen LogP contribution is 2.22. The average molecular weight is 222 g/mol. The van der Waals surface area contributed by atoms with Crippen molar-refractivity contribution in [3.63, 3.8) is 0 Å². The summed E-state index contributed by atoms with van der Waals surface area (Å²) in [5, 5.41) is 2.56. The van der Waals surface area contributed by atoms with Crippen molar-refractivity contribution >= 4 is 11.6 Å². The molecule has 4 nitrogen and oxygen atoms in total. The van der Waals surface area contributed by atoms with Crippen LogP contribution >= 0.6 is 0 Å². The largest absolute Gasteiger partial charge is 0.491 e. The van der Waals surface area contributed by atoms with Crippen molar-refractivity contribution in [1.29, 1.82) is 0 Å². The molecule has 1 aromatic carbocycles. The van der Waals surface area contributed by atoms with Crippen LogP contribution in [0.1, 0.15) is 18.4 Å². The molecule has 0 bridgehead atoms. The van der Waals surface area contributed by atoms with Crippen LogP contribution in [-0.4, -0.2) is 19.6 Å². The Hall–Kier alpha value is -1.71. The summed E-state index contributed by atoms with van der Waals surface area (Å²) in [5.74, 6) is 0.720. The lowest BCUT2D eigenvalue weighted by molar-refractivity contribution is -0.120. The second kappa shape index (κ2) is 6.00. The van der Waals surface area contributed by atoms with Crippen molar-refractivity contribution in [2.45, 2.75) is 19.8 Å². The second-order valence-electron chi connectivity index (χ2n) is 3.67. The SMILES string of the molecule is CNC(=O)CCCOc1cc(C)ccc1N. The molecule has 16 heavy (non-hydrogen) atoms. The Morgan fingerprint density at radius 3 is 2.94 bits per heavy atom. The summed E-state index contributed by atoms with van der Waals surface area (Å²) in [7, 11) is 1.63. The summed E-state index contributed by atoms with van der Waals surface area (Å²) in [6.07, 6.45) is 1.16. The normalized spacial score (nSPS) is 9.88. The smallest absolute Gasteiger partial charge is 0.219 e. The first-order chi connectivity index (χ1) is 7.63. The highest BCUT2D eigenvalue weighted by Gasteiger charge is 2.01. The van der Waals surface area contributed by atoms with Crippen LogP contribution in [0.2, 0.25) is 0 Å². The van der Waals surface area contributed by atoms with Crippen LogP contribution in [0.25, 0.3) is 0 Å². The standard InChI is InChI=1S/C12H18N2O2/c1-9-5-6-10(13)11(8-9)16-7-3-4-12(15)14-2/h5-6,8H,3-4,7,13H2,1-2H3,(H,14,15). The maximum absolute atomic E-state index is 11.0. The highest BCUT2D eigenvalue weighted by molar-refractivity contribution is 5.75. The molecule has 0 spiro atoms. The lowest BCUT2D eigenvalue weighted by atomic mass is 10.2. The molecule has 0 saturated carbocycles. The molecule has 88 valence electrons. The minimum Gasteiger partial charge on any atom is -0.491 e. The van der Waals surface area contributed by atoms with E-state index in [0.717, 1.165) is 5.56 Å². The van der Waals surface area contributed by atoms with Gasteiger partial charge in [0, 0.05) is 13.5 Å². The van der Waals surface area contributed by atoms with Crippen molar-refractivity contribution < 1.29 is 9.53 Å². The fraction of sp³-hybridized carbons (Fsp3) is 0.417. The monoisotopic (exact) mass is 222 g/mol. The number of hydrogen-bond acceptors (Lipinski definition) is 3. The third-order valence-corrected chi connectivity index (χ3v) is 2.25. The summed E-state index contributed by atoms with van der Waals surface area (Å²) in [5.41, 5.74) is 7.49. The van der Waals surface area contributed by atoms with E-state index in [0.29, 0.717) is 30.9 Å². The first-order valence-corrected chi connectivity index (χ1v) is 5.33. The van der Waals surface area contributed by atoms with Gasteiger partial charge in [0.05, 0.1) is 12.3 Å². The molecule has 1 rings (SSSR count). The molecule has 0 aliphatic carbocycles. The van der Waals surface area contributed by atoms with Crippen molar-refractivity contribution in [1.82, 2.24) is 5.32 Å². The zero-order valence-electron chi connectivity index (χ0n) is 9.75. The average Bonchev–Trinajstić information content (AvgIpc) is 2.28.